The van der Waals surface area contributed by atoms with Crippen LogP contribution in [-0.2, 0) is 20.6 Å². The topological polar surface area (TPSA) is 9.23 Å². The molecule has 6 heavy (non-hydrogen) atoms. The number of hydrogen-bond donors (Lipinski definition) is 0. The Hall–Kier alpha value is -0.0175. The van der Waals surface area contributed by atoms with Crippen LogP contribution < -0.4 is 0 Å². The monoisotopic (exact) mass is 122 g/mol. The van der Waals surface area contributed by atoms with Gasteiger partial charge in [0.05, 0.1) is 0 Å². The summed E-state index contributed by atoms with van der Waals surface area (Å²) in [4.78, 5) is 0. The van der Waals surface area contributed by atoms with Crippen molar-refractivity contribution >= 4 is 4.54 Å². The molecule has 0 bridgehead atoms. The van der Waals surface area contributed by atoms with Gasteiger partial charge in [-0.2, -0.15) is 0 Å². The van der Waals surface area contributed by atoms with Gasteiger partial charge in [-0.3, -0.25) is 0 Å². The number of hydrogen-bond acceptors (Lipinski definition) is 1. The second-order valence-corrected chi connectivity index (χ2v) is 1.18. The van der Waals surface area contributed by atoms with Crippen LogP contribution in [0.1, 0.15) is 6.92 Å². The minimum atomic E-state index is 0.787. The van der Waals surface area contributed by atoms with Crippen molar-refractivity contribution < 1.29 is 20.6 Å². The Kier molecular flexibility index (Phi) is 3.17. The number of methoxy groups -OCH3 is 1. The summed E-state index contributed by atoms with van der Waals surface area (Å²) in [5.41, 5.74) is 0. The summed E-state index contributed by atoms with van der Waals surface area (Å²) in [6, 6.07) is 0. The first-order valence-corrected chi connectivity index (χ1v) is 2.20. The van der Waals surface area contributed by atoms with Gasteiger partial charge in [0.2, 0.25) is 0 Å². The fourth-order valence-electron chi connectivity index (χ4n) is 0.0417. The van der Waals surface area contributed by atoms with Gasteiger partial charge in [-0.05, 0) is 0 Å². The summed E-state index contributed by atoms with van der Waals surface area (Å²) in [6.07, 6.45) is 0. The molecule has 0 aliphatic carbocycles. The summed E-state index contributed by atoms with van der Waals surface area (Å²) in [6.45, 7) is 1.83. The first kappa shape index (κ1) is 5.98. The molecule has 0 aromatic rings. The van der Waals surface area contributed by atoms with Gasteiger partial charge in [-0.1, -0.05) is 0 Å². The fourth-order valence-corrected chi connectivity index (χ4v) is 0.172. The molecule has 0 saturated heterocycles. The van der Waals surface area contributed by atoms with Crippen LogP contribution in [0.15, 0.2) is 5.76 Å². The van der Waals surface area contributed by atoms with Crippen molar-refractivity contribution in [3.8, 4) is 0 Å². The number of allylic oxidation sites excluding steroid dienone is 1. The van der Waals surface area contributed by atoms with E-state index in [2.05, 4.69) is 25.1 Å². The van der Waals surface area contributed by atoms with Crippen molar-refractivity contribution in [3.63, 3.8) is 0 Å². The van der Waals surface area contributed by atoms with Crippen LogP contribution in [0.25, 0.3) is 0 Å². The maximum atomic E-state index is 4.67. The van der Waals surface area contributed by atoms with Crippen LogP contribution >= 0.6 is 0 Å². The van der Waals surface area contributed by atoms with Crippen LogP contribution in [0.5, 0.6) is 0 Å². The third-order valence-electron chi connectivity index (χ3n) is 0.450. The van der Waals surface area contributed by atoms with Crippen LogP contribution in [0.2, 0.25) is 0 Å². The summed E-state index contributed by atoms with van der Waals surface area (Å²) < 4.78 is 7.36. The molecule has 0 aliphatic rings. The van der Waals surface area contributed by atoms with Crippen LogP contribution in [0.4, 0.5) is 0 Å². The van der Waals surface area contributed by atoms with E-state index in [0.29, 0.717) is 0 Å². The van der Waals surface area contributed by atoms with Gasteiger partial charge in [0.15, 0.2) is 0 Å². The molecule has 1 nitrogen and oxygen atoms in total. The molecule has 0 fully saturated rings. The molecule has 0 rings (SSSR count). The molecule has 0 aromatic heterocycles. The normalized spacial score (nSPS) is 6.33. The van der Waals surface area contributed by atoms with Crippen molar-refractivity contribution in [3.05, 3.63) is 5.76 Å². The second kappa shape index (κ2) is 3.18. The van der Waals surface area contributed by atoms with Gasteiger partial charge >= 0.3 is 44.9 Å². The van der Waals surface area contributed by atoms with E-state index in [1.807, 2.05) is 6.92 Å². The molecular formula is C4H6CrO. The zero-order valence-corrected chi connectivity index (χ0v) is 5.09. The van der Waals surface area contributed by atoms with Gasteiger partial charge in [-0.25, -0.2) is 0 Å². The van der Waals surface area contributed by atoms with E-state index in [9.17, 15) is 0 Å². The second-order valence-electron chi connectivity index (χ2n) is 0.862. The summed E-state index contributed by atoms with van der Waals surface area (Å²) >= 11 is 2.58. The zero-order chi connectivity index (χ0) is 4.99. The molecule has 0 heterocycles. The molecular weight excluding hydrogens is 116 g/mol. The average molecular weight is 122 g/mol. The molecule has 0 atom stereocenters. The van der Waals surface area contributed by atoms with E-state index in [1.54, 1.807) is 7.11 Å². The fraction of sp³-hybridized carbons (Fsp3) is 0.500. The third kappa shape index (κ3) is 2.23. The molecule has 0 aromatic carbocycles. The first-order valence-electron chi connectivity index (χ1n) is 1.57. The third-order valence-corrected chi connectivity index (χ3v) is 0.899. The van der Waals surface area contributed by atoms with Crippen molar-refractivity contribution in [2.24, 2.45) is 0 Å². The predicted molar refractivity (Wildman–Crippen MR) is 21.2 cm³/mol. The SMILES string of the molecule is COC(C)=[C]=[Cr]. The van der Waals surface area contributed by atoms with Crippen LogP contribution in [-0.4, -0.2) is 11.6 Å². The molecule has 0 spiro atoms. The Balaban J connectivity index is 3.52. The standard InChI is InChI=1S/C4H6O.Cr/c1-4(2)5-3;/h1,3H3;. The molecule has 0 saturated carbocycles. The van der Waals surface area contributed by atoms with E-state index in [-0.39, 0.29) is 0 Å². The van der Waals surface area contributed by atoms with E-state index in [1.165, 1.54) is 0 Å². The predicted octanol–water partition coefficient (Wildman–Crippen LogP) is 0.484. The Morgan fingerprint density at radius 3 is 2.33 bits per heavy atom. The first-order chi connectivity index (χ1) is 2.81. The summed E-state index contributed by atoms with van der Waals surface area (Å²) in [5, 5.41) is 0. The van der Waals surface area contributed by atoms with Crippen molar-refractivity contribution in [1.29, 1.82) is 0 Å². The Bertz CT molecular complexity index is 81.5. The van der Waals surface area contributed by atoms with Gasteiger partial charge in [0.25, 0.3) is 0 Å². The van der Waals surface area contributed by atoms with E-state index >= 15 is 0 Å². The quantitative estimate of drug-likeness (QED) is 0.460. The summed E-state index contributed by atoms with van der Waals surface area (Å²) in [7, 11) is 1.61. The van der Waals surface area contributed by atoms with Crippen molar-refractivity contribution in [2.75, 3.05) is 7.11 Å². The maximum absolute atomic E-state index is 4.67. The molecule has 34 valence electrons. The van der Waals surface area contributed by atoms with Crippen LogP contribution in [0.3, 0.4) is 0 Å². The Labute approximate surface area is 45.6 Å². The number of rotatable bonds is 1. The minimum absolute atomic E-state index is 0.787. The molecule has 0 amide bonds. The van der Waals surface area contributed by atoms with Crippen molar-refractivity contribution in [1.82, 2.24) is 0 Å². The zero-order valence-electron chi connectivity index (χ0n) is 3.82. The van der Waals surface area contributed by atoms with Crippen LogP contribution in [0, 0.1) is 0 Å². The average Bonchev–Trinajstić information content (AvgIpc) is 1.65. The number of ether oxygens (including phenoxy) is 1. The van der Waals surface area contributed by atoms with Gasteiger partial charge in [-0.15, -0.1) is 0 Å². The Morgan fingerprint density at radius 2 is 2.33 bits per heavy atom. The van der Waals surface area contributed by atoms with E-state index < -0.39 is 0 Å². The van der Waals surface area contributed by atoms with Gasteiger partial charge < -0.3 is 0 Å². The van der Waals surface area contributed by atoms with Crippen molar-refractivity contribution in [2.45, 2.75) is 6.92 Å². The molecule has 0 aliphatic heterocycles. The van der Waals surface area contributed by atoms with Gasteiger partial charge in [0.1, 0.15) is 0 Å². The molecule has 2 heteroatoms. The van der Waals surface area contributed by atoms with Gasteiger partial charge in [0, 0.05) is 0 Å². The van der Waals surface area contributed by atoms with E-state index in [0.717, 1.165) is 5.76 Å². The van der Waals surface area contributed by atoms with E-state index in [4.69, 9.17) is 0 Å². The molecule has 0 unspecified atom stereocenters. The molecule has 0 radical (unpaired) electrons. The Morgan fingerprint density at radius 1 is 1.83 bits per heavy atom. The summed E-state index contributed by atoms with van der Waals surface area (Å²) in [5.74, 6) is 0.787. The molecule has 0 N–H and O–H groups in total.